The molecule has 1 atom stereocenters. The van der Waals surface area contributed by atoms with Gasteiger partial charge in [-0.1, -0.05) is 38.1 Å². The molecule has 54 heavy (non-hydrogen) atoms. The van der Waals surface area contributed by atoms with Gasteiger partial charge in [0.1, 0.15) is 36.1 Å². The predicted octanol–water partition coefficient (Wildman–Crippen LogP) is 4.64. The normalized spacial score (nSPS) is 21.3. The Balaban J connectivity index is 0.815. The standard InChI is InChI=1S/C41H42N6O7/c1-41(2,25-3-8-30(9-4-25)53-24-29-22-42-23-36(44-29)46-15-17-52-18-16-46)26-5-10-31(11-6-26)54-32-19-28(20-32)43-27-7-12-33-34(21-27)40(51)47(39(33)50)35-13-14-37(48)45-38(35)49/h3-12,21-23,28,32,35,43H,13-20,24H2,1-2H3,(H,45,48,49). The van der Waals surface area contributed by atoms with Crippen LogP contribution in [0.3, 0.4) is 0 Å². The van der Waals surface area contributed by atoms with E-state index in [4.69, 9.17) is 19.2 Å². The third-order valence-electron chi connectivity index (χ3n) is 10.8. The lowest BCUT2D eigenvalue weighted by Crippen LogP contribution is -2.54. The molecular formula is C41H42N6O7. The molecule has 13 heteroatoms. The van der Waals surface area contributed by atoms with Gasteiger partial charge >= 0.3 is 0 Å². The van der Waals surface area contributed by atoms with Crippen LogP contribution in [0.25, 0.3) is 0 Å². The van der Waals surface area contributed by atoms with E-state index in [-0.39, 0.29) is 41.5 Å². The monoisotopic (exact) mass is 730 g/mol. The highest BCUT2D eigenvalue weighted by molar-refractivity contribution is 6.23. The number of fused-ring (bicyclic) bond motifs is 1. The van der Waals surface area contributed by atoms with Gasteiger partial charge in [-0.15, -0.1) is 0 Å². The predicted molar refractivity (Wildman–Crippen MR) is 199 cm³/mol. The van der Waals surface area contributed by atoms with Gasteiger partial charge in [-0.25, -0.2) is 4.98 Å². The number of amides is 4. The second-order valence-corrected chi connectivity index (χ2v) is 14.7. The molecule has 0 bridgehead atoms. The molecule has 2 saturated heterocycles. The van der Waals surface area contributed by atoms with Crippen LogP contribution in [0.2, 0.25) is 0 Å². The van der Waals surface area contributed by atoms with Gasteiger partial charge in [0, 0.05) is 49.5 Å². The van der Waals surface area contributed by atoms with Crippen LogP contribution in [0.1, 0.15) is 77.1 Å². The number of hydrogen-bond donors (Lipinski definition) is 2. The molecule has 3 aromatic carbocycles. The fourth-order valence-corrected chi connectivity index (χ4v) is 7.42. The average molecular weight is 731 g/mol. The van der Waals surface area contributed by atoms with Crippen molar-refractivity contribution in [2.24, 2.45) is 0 Å². The minimum absolute atomic E-state index is 0.0439. The van der Waals surface area contributed by atoms with E-state index in [0.717, 1.165) is 70.7 Å². The Kier molecular flexibility index (Phi) is 9.49. The van der Waals surface area contributed by atoms with Gasteiger partial charge in [0.25, 0.3) is 11.8 Å². The van der Waals surface area contributed by atoms with Crippen LogP contribution in [0.4, 0.5) is 11.5 Å². The van der Waals surface area contributed by atoms with E-state index in [1.807, 2.05) is 24.3 Å². The molecule has 13 nitrogen and oxygen atoms in total. The van der Waals surface area contributed by atoms with Crippen molar-refractivity contribution in [2.75, 3.05) is 36.5 Å². The maximum Gasteiger partial charge on any atom is 0.262 e. The highest BCUT2D eigenvalue weighted by Gasteiger charge is 2.45. The number of benzene rings is 3. The van der Waals surface area contributed by atoms with Gasteiger partial charge in [0.15, 0.2) is 0 Å². The SMILES string of the molecule is CC(C)(c1ccc(OCc2cncc(N3CCOCC3)n2)cc1)c1ccc(OC2CC(Nc3ccc4c(c3)C(=O)N(C3CCC(=O)NC3=O)C4=O)C2)cc1. The summed E-state index contributed by atoms with van der Waals surface area (Å²) in [5, 5.41) is 5.67. The van der Waals surface area contributed by atoms with Crippen LogP contribution in [-0.2, 0) is 26.3 Å². The molecule has 4 aromatic rings. The fourth-order valence-electron chi connectivity index (χ4n) is 7.42. The quantitative estimate of drug-likeness (QED) is 0.208. The first kappa shape index (κ1) is 35.2. The maximum absolute atomic E-state index is 13.2. The summed E-state index contributed by atoms with van der Waals surface area (Å²) in [6.07, 6.45) is 5.32. The molecule has 8 rings (SSSR count). The van der Waals surface area contributed by atoms with Crippen molar-refractivity contribution in [3.05, 3.63) is 107 Å². The van der Waals surface area contributed by atoms with E-state index in [9.17, 15) is 19.2 Å². The van der Waals surface area contributed by atoms with Crippen molar-refractivity contribution >= 4 is 35.1 Å². The van der Waals surface area contributed by atoms with E-state index < -0.39 is 29.7 Å². The molecule has 278 valence electrons. The zero-order chi connectivity index (χ0) is 37.4. The van der Waals surface area contributed by atoms with E-state index >= 15 is 0 Å². The average Bonchev–Trinajstić information content (AvgIpc) is 3.42. The van der Waals surface area contributed by atoms with Crippen molar-refractivity contribution in [1.82, 2.24) is 20.2 Å². The highest BCUT2D eigenvalue weighted by atomic mass is 16.5. The largest absolute Gasteiger partial charge is 0.490 e. The first-order valence-electron chi connectivity index (χ1n) is 18.4. The first-order chi connectivity index (χ1) is 26.1. The molecule has 0 radical (unpaired) electrons. The number of anilines is 2. The van der Waals surface area contributed by atoms with Gasteiger partial charge in [-0.3, -0.25) is 34.4 Å². The second-order valence-electron chi connectivity index (χ2n) is 14.7. The fraction of sp³-hybridized carbons (Fsp3) is 0.366. The molecule has 1 saturated carbocycles. The van der Waals surface area contributed by atoms with E-state index in [2.05, 4.69) is 58.6 Å². The Hall–Kier alpha value is -5.82. The number of nitrogens with zero attached hydrogens (tertiary/aromatic N) is 4. The number of ether oxygens (including phenoxy) is 3. The van der Waals surface area contributed by atoms with Crippen LogP contribution in [0.5, 0.6) is 11.5 Å². The van der Waals surface area contributed by atoms with Crippen LogP contribution >= 0.6 is 0 Å². The van der Waals surface area contributed by atoms with Gasteiger partial charge in [0.05, 0.1) is 42.4 Å². The molecule has 3 aliphatic heterocycles. The third-order valence-corrected chi connectivity index (χ3v) is 10.8. The number of rotatable bonds is 11. The highest BCUT2D eigenvalue weighted by Crippen LogP contribution is 2.36. The Bertz CT molecular complexity index is 2070. The summed E-state index contributed by atoms with van der Waals surface area (Å²) >= 11 is 0. The Labute approximate surface area is 313 Å². The van der Waals surface area contributed by atoms with E-state index in [1.165, 1.54) is 0 Å². The van der Waals surface area contributed by atoms with Gasteiger partial charge < -0.3 is 24.4 Å². The van der Waals surface area contributed by atoms with Crippen molar-refractivity contribution in [2.45, 2.75) is 69.7 Å². The number of carbonyl (C=O) groups excluding carboxylic acids is 4. The lowest BCUT2D eigenvalue weighted by Gasteiger charge is -2.36. The van der Waals surface area contributed by atoms with Crippen molar-refractivity contribution in [1.29, 1.82) is 0 Å². The molecule has 2 N–H and O–H groups in total. The summed E-state index contributed by atoms with van der Waals surface area (Å²) in [5.74, 6) is 0.356. The van der Waals surface area contributed by atoms with Gasteiger partial charge in [-0.05, 0) is 60.0 Å². The molecule has 4 aliphatic rings. The maximum atomic E-state index is 13.2. The van der Waals surface area contributed by atoms with E-state index in [1.54, 1.807) is 30.6 Å². The number of carbonyl (C=O) groups is 4. The number of aromatic nitrogens is 2. The zero-order valence-corrected chi connectivity index (χ0v) is 30.2. The lowest BCUT2D eigenvalue weighted by molar-refractivity contribution is -0.136. The second kappa shape index (κ2) is 14.5. The first-order valence-corrected chi connectivity index (χ1v) is 18.4. The Morgan fingerprint density at radius 1 is 0.870 bits per heavy atom. The summed E-state index contributed by atoms with van der Waals surface area (Å²) < 4.78 is 17.8. The molecule has 4 heterocycles. The minimum atomic E-state index is -0.986. The molecule has 0 spiro atoms. The van der Waals surface area contributed by atoms with Crippen molar-refractivity contribution < 1.29 is 33.4 Å². The third kappa shape index (κ3) is 7.11. The molecule has 3 fully saturated rings. The van der Waals surface area contributed by atoms with Crippen molar-refractivity contribution in [3.8, 4) is 11.5 Å². The van der Waals surface area contributed by atoms with Crippen LogP contribution in [0, 0.1) is 0 Å². The minimum Gasteiger partial charge on any atom is -0.490 e. The molecule has 1 aromatic heterocycles. The molecule has 4 amide bonds. The number of hydrogen-bond acceptors (Lipinski definition) is 11. The molecule has 1 aliphatic carbocycles. The Morgan fingerprint density at radius 2 is 1.56 bits per heavy atom. The van der Waals surface area contributed by atoms with E-state index in [0.29, 0.717) is 19.8 Å². The van der Waals surface area contributed by atoms with Crippen LogP contribution in [-0.4, -0.2) is 83.0 Å². The number of imide groups is 2. The molecular weight excluding hydrogens is 688 g/mol. The van der Waals surface area contributed by atoms with Crippen molar-refractivity contribution in [3.63, 3.8) is 0 Å². The molecule has 1 unspecified atom stereocenters. The summed E-state index contributed by atoms with van der Waals surface area (Å²) in [7, 11) is 0. The summed E-state index contributed by atoms with van der Waals surface area (Å²) in [6.45, 7) is 7.72. The summed E-state index contributed by atoms with van der Waals surface area (Å²) in [4.78, 5) is 62.4. The van der Waals surface area contributed by atoms with Crippen LogP contribution in [0.15, 0.2) is 79.1 Å². The number of morpholine rings is 1. The summed E-state index contributed by atoms with van der Waals surface area (Å²) in [5.41, 5.74) is 4.08. The zero-order valence-electron chi connectivity index (χ0n) is 30.2. The number of piperidine rings is 1. The lowest BCUT2D eigenvalue weighted by atomic mass is 9.78. The van der Waals surface area contributed by atoms with Crippen LogP contribution < -0.4 is 25.0 Å². The van der Waals surface area contributed by atoms with Gasteiger partial charge in [-0.2, -0.15) is 0 Å². The van der Waals surface area contributed by atoms with Gasteiger partial charge in [0.2, 0.25) is 11.8 Å². The number of nitrogens with one attached hydrogen (secondary N) is 2. The topological polar surface area (TPSA) is 152 Å². The smallest absolute Gasteiger partial charge is 0.262 e. The Morgan fingerprint density at radius 3 is 2.26 bits per heavy atom. The summed E-state index contributed by atoms with van der Waals surface area (Å²) in [6, 6.07) is 20.6.